The molecule has 0 fully saturated rings. The Morgan fingerprint density at radius 1 is 1.28 bits per heavy atom. The number of rotatable bonds is 2. The Balaban J connectivity index is 2.55. The number of benzene rings is 1. The second-order valence-electron chi connectivity index (χ2n) is 4.91. The summed E-state index contributed by atoms with van der Waals surface area (Å²) >= 11 is 0. The number of hydrogen-bond donors (Lipinski definition) is 1. The van der Waals surface area contributed by atoms with Gasteiger partial charge in [-0.05, 0) is 24.1 Å². The molecule has 4 heteroatoms. The van der Waals surface area contributed by atoms with Crippen LogP contribution in [0, 0.1) is 0 Å². The van der Waals surface area contributed by atoms with Crippen LogP contribution in [0.2, 0.25) is 0 Å². The van der Waals surface area contributed by atoms with E-state index in [0.29, 0.717) is 5.58 Å². The van der Waals surface area contributed by atoms with Crippen molar-refractivity contribution in [3.63, 3.8) is 0 Å². The molecule has 0 unspecified atom stereocenters. The minimum Gasteiger partial charge on any atom is -0.508 e. The zero-order valence-electron chi connectivity index (χ0n) is 11.0. The summed E-state index contributed by atoms with van der Waals surface area (Å²) in [5.74, 6) is 0.543. The van der Waals surface area contributed by atoms with Gasteiger partial charge in [0.05, 0.1) is 0 Å². The zero-order valence-corrected chi connectivity index (χ0v) is 11.0. The number of fused-ring (bicyclic) bond motifs is 1. The predicted octanol–water partition coefficient (Wildman–Crippen LogP) is 2.96. The summed E-state index contributed by atoms with van der Waals surface area (Å²) in [5.41, 5.74) is 1.45. The van der Waals surface area contributed by atoms with Crippen LogP contribution >= 0.6 is 0 Å². The van der Waals surface area contributed by atoms with Crippen molar-refractivity contribution in [1.29, 1.82) is 0 Å². The van der Waals surface area contributed by atoms with Gasteiger partial charge < -0.3 is 14.4 Å². The van der Waals surface area contributed by atoms with E-state index >= 15 is 0 Å². The van der Waals surface area contributed by atoms with Crippen LogP contribution in [0.25, 0.3) is 11.0 Å². The van der Waals surface area contributed by atoms with E-state index in [1.807, 2.05) is 13.8 Å². The van der Waals surface area contributed by atoms with E-state index in [9.17, 15) is 9.90 Å². The molecule has 1 amide bonds. The van der Waals surface area contributed by atoms with Crippen molar-refractivity contribution in [2.75, 3.05) is 14.1 Å². The molecule has 2 rings (SSSR count). The lowest BCUT2D eigenvalue weighted by molar-refractivity contribution is 0.0799. The first kappa shape index (κ1) is 12.5. The summed E-state index contributed by atoms with van der Waals surface area (Å²) in [6.07, 6.45) is 0. The molecular weight excluding hydrogens is 230 g/mol. The van der Waals surface area contributed by atoms with Gasteiger partial charge in [0.25, 0.3) is 5.91 Å². The second kappa shape index (κ2) is 4.37. The number of nitrogens with zero attached hydrogens (tertiary/aromatic N) is 1. The van der Waals surface area contributed by atoms with E-state index in [1.54, 1.807) is 32.3 Å². The summed E-state index contributed by atoms with van der Waals surface area (Å²) in [6.45, 7) is 3.99. The second-order valence-corrected chi connectivity index (χ2v) is 4.91. The number of phenolic OH excluding ortho intramolecular Hbond substituents is 1. The predicted molar refractivity (Wildman–Crippen MR) is 70.0 cm³/mol. The Labute approximate surface area is 106 Å². The van der Waals surface area contributed by atoms with Gasteiger partial charge in [0, 0.05) is 25.0 Å². The van der Waals surface area contributed by atoms with E-state index < -0.39 is 0 Å². The highest BCUT2D eigenvalue weighted by molar-refractivity contribution is 5.96. The summed E-state index contributed by atoms with van der Waals surface area (Å²) in [5, 5.41) is 10.6. The largest absolute Gasteiger partial charge is 0.508 e. The average molecular weight is 247 g/mol. The number of carbonyl (C=O) groups excluding carboxylic acids is 1. The molecule has 0 radical (unpaired) electrons. The standard InChI is InChI=1S/C14H17NO3/c1-8(2)10-7-12-9(5-11(10)16)6-13(18-12)14(17)15(3)4/h5-8,16H,1-4H3. The van der Waals surface area contributed by atoms with Crippen LogP contribution in [0.1, 0.15) is 35.9 Å². The van der Waals surface area contributed by atoms with E-state index in [1.165, 1.54) is 4.90 Å². The third-order valence-electron chi connectivity index (χ3n) is 2.90. The van der Waals surface area contributed by atoms with Crippen molar-refractivity contribution >= 4 is 16.9 Å². The molecular formula is C14H17NO3. The summed E-state index contributed by atoms with van der Waals surface area (Å²) < 4.78 is 5.53. The minimum atomic E-state index is -0.184. The number of carbonyl (C=O) groups is 1. The molecule has 1 N–H and O–H groups in total. The van der Waals surface area contributed by atoms with Gasteiger partial charge in [0.15, 0.2) is 5.76 Å². The Kier molecular flexibility index (Phi) is 3.03. The van der Waals surface area contributed by atoms with Gasteiger partial charge in [-0.3, -0.25) is 4.79 Å². The third-order valence-corrected chi connectivity index (χ3v) is 2.90. The first-order valence-electron chi connectivity index (χ1n) is 5.88. The van der Waals surface area contributed by atoms with Gasteiger partial charge in [-0.25, -0.2) is 0 Å². The summed E-state index contributed by atoms with van der Waals surface area (Å²) in [6, 6.07) is 5.09. The van der Waals surface area contributed by atoms with Crippen molar-refractivity contribution in [1.82, 2.24) is 4.90 Å². The Morgan fingerprint density at radius 2 is 1.94 bits per heavy atom. The molecule has 0 aliphatic rings. The molecule has 1 heterocycles. The highest BCUT2D eigenvalue weighted by atomic mass is 16.3. The topological polar surface area (TPSA) is 53.7 Å². The minimum absolute atomic E-state index is 0.184. The first-order chi connectivity index (χ1) is 8.40. The molecule has 0 atom stereocenters. The molecule has 2 aromatic rings. The number of aromatic hydroxyl groups is 1. The molecule has 0 aliphatic carbocycles. The summed E-state index contributed by atoms with van der Waals surface area (Å²) in [7, 11) is 3.35. The molecule has 4 nitrogen and oxygen atoms in total. The van der Waals surface area contributed by atoms with Crippen molar-refractivity contribution in [2.45, 2.75) is 19.8 Å². The van der Waals surface area contributed by atoms with E-state index in [4.69, 9.17) is 4.42 Å². The first-order valence-corrected chi connectivity index (χ1v) is 5.88. The molecule has 0 saturated heterocycles. The molecule has 18 heavy (non-hydrogen) atoms. The lowest BCUT2D eigenvalue weighted by atomic mass is 10.0. The van der Waals surface area contributed by atoms with Gasteiger partial charge in [-0.2, -0.15) is 0 Å². The van der Waals surface area contributed by atoms with Crippen LogP contribution in [-0.4, -0.2) is 30.0 Å². The number of hydrogen-bond acceptors (Lipinski definition) is 3. The fraction of sp³-hybridized carbons (Fsp3) is 0.357. The molecule has 0 aliphatic heterocycles. The van der Waals surface area contributed by atoms with Gasteiger partial charge in [0.1, 0.15) is 11.3 Å². The lowest BCUT2D eigenvalue weighted by Crippen LogP contribution is -2.20. The Hall–Kier alpha value is -1.97. The van der Waals surface area contributed by atoms with Crippen molar-refractivity contribution in [3.05, 3.63) is 29.5 Å². The van der Waals surface area contributed by atoms with Crippen LogP contribution in [0.4, 0.5) is 0 Å². The molecule has 0 spiro atoms. The van der Waals surface area contributed by atoms with Crippen LogP contribution in [0.15, 0.2) is 22.6 Å². The quantitative estimate of drug-likeness (QED) is 0.887. The lowest BCUT2D eigenvalue weighted by Gasteiger charge is -2.07. The maximum absolute atomic E-state index is 11.8. The number of phenols is 1. The fourth-order valence-electron chi connectivity index (χ4n) is 1.88. The van der Waals surface area contributed by atoms with Gasteiger partial charge in [0.2, 0.25) is 0 Å². The molecule has 1 aromatic carbocycles. The monoisotopic (exact) mass is 247 g/mol. The highest BCUT2D eigenvalue weighted by Crippen LogP contribution is 2.32. The van der Waals surface area contributed by atoms with E-state index in [2.05, 4.69) is 0 Å². The normalized spacial score (nSPS) is 11.2. The maximum atomic E-state index is 11.8. The van der Waals surface area contributed by atoms with Crippen LogP contribution in [0.3, 0.4) is 0 Å². The van der Waals surface area contributed by atoms with Crippen LogP contribution in [0.5, 0.6) is 5.75 Å². The molecule has 0 saturated carbocycles. The smallest absolute Gasteiger partial charge is 0.289 e. The van der Waals surface area contributed by atoms with Gasteiger partial charge >= 0.3 is 0 Å². The molecule has 0 bridgehead atoms. The van der Waals surface area contributed by atoms with Crippen LogP contribution in [-0.2, 0) is 0 Å². The third kappa shape index (κ3) is 2.06. The summed E-state index contributed by atoms with van der Waals surface area (Å²) in [4.78, 5) is 13.2. The zero-order chi connectivity index (χ0) is 13.4. The highest BCUT2D eigenvalue weighted by Gasteiger charge is 2.16. The average Bonchev–Trinajstić information content (AvgIpc) is 2.68. The van der Waals surface area contributed by atoms with E-state index in [0.717, 1.165) is 10.9 Å². The molecule has 1 aromatic heterocycles. The molecule has 96 valence electrons. The number of furan rings is 1. The Morgan fingerprint density at radius 3 is 2.50 bits per heavy atom. The van der Waals surface area contributed by atoms with Crippen LogP contribution < -0.4 is 0 Å². The number of amides is 1. The van der Waals surface area contributed by atoms with Crippen molar-refractivity contribution < 1.29 is 14.3 Å². The van der Waals surface area contributed by atoms with Crippen molar-refractivity contribution in [3.8, 4) is 5.75 Å². The van der Waals surface area contributed by atoms with Gasteiger partial charge in [-0.1, -0.05) is 13.8 Å². The van der Waals surface area contributed by atoms with Gasteiger partial charge in [-0.15, -0.1) is 0 Å². The SMILES string of the molecule is CC(C)c1cc2oc(C(=O)N(C)C)cc2cc1O. The maximum Gasteiger partial charge on any atom is 0.289 e. The fourth-order valence-corrected chi connectivity index (χ4v) is 1.88. The van der Waals surface area contributed by atoms with E-state index in [-0.39, 0.29) is 23.3 Å². The van der Waals surface area contributed by atoms with Crippen molar-refractivity contribution in [2.24, 2.45) is 0 Å². The Bertz CT molecular complexity index is 596.